The van der Waals surface area contributed by atoms with Crippen molar-refractivity contribution in [2.75, 3.05) is 26.7 Å². The van der Waals surface area contributed by atoms with Crippen LogP contribution >= 0.6 is 0 Å². The van der Waals surface area contributed by atoms with Crippen LogP contribution in [0.25, 0.3) is 11.3 Å². The normalized spacial score (nSPS) is 10.5. The van der Waals surface area contributed by atoms with Gasteiger partial charge in [-0.2, -0.15) is 0 Å². The third-order valence-corrected chi connectivity index (χ3v) is 4.62. The number of carbonyl (C=O) groups excluding carboxylic acids is 2. The number of nitrogens with zero attached hydrogens (tertiary/aromatic N) is 2. The molecule has 0 fully saturated rings. The summed E-state index contributed by atoms with van der Waals surface area (Å²) in [7, 11) is 1.70. The number of rotatable bonds is 9. The lowest BCUT2D eigenvalue weighted by Crippen LogP contribution is -2.38. The van der Waals surface area contributed by atoms with Crippen LogP contribution in [0.4, 0.5) is 0 Å². The van der Waals surface area contributed by atoms with Gasteiger partial charge in [-0.05, 0) is 25.0 Å². The fraction of sp³-hybridized carbons (Fsp3) is 0.261. The minimum atomic E-state index is -0.453. The monoisotopic (exact) mass is 407 g/mol. The average Bonchev–Trinajstić information content (AvgIpc) is 3.27. The van der Waals surface area contributed by atoms with E-state index in [0.29, 0.717) is 25.3 Å². The number of benzene rings is 2. The maximum absolute atomic E-state index is 12.3. The van der Waals surface area contributed by atoms with E-state index in [1.54, 1.807) is 18.0 Å². The van der Waals surface area contributed by atoms with E-state index < -0.39 is 5.91 Å². The molecule has 1 aromatic heterocycles. The summed E-state index contributed by atoms with van der Waals surface area (Å²) in [5.41, 5.74) is 2.04. The highest BCUT2D eigenvalue weighted by Crippen LogP contribution is 2.19. The number of aromatic nitrogens is 1. The molecule has 0 atom stereocenters. The molecule has 2 aromatic carbocycles. The van der Waals surface area contributed by atoms with Gasteiger partial charge in [0.05, 0.1) is 13.2 Å². The number of likely N-dealkylation sites (N-methyl/N-ethyl adjacent to an activating group) is 1. The number of hydrogen-bond donors (Lipinski definition) is 1. The van der Waals surface area contributed by atoms with Gasteiger partial charge < -0.3 is 19.5 Å². The quantitative estimate of drug-likeness (QED) is 0.550. The standard InChI is InChI=1S/C23H25N3O4/c1-17-9-6-7-12-20(17)29-14-8-13-26(2)22(27)16-24-23(28)19-15-21(30-25-19)18-10-4-3-5-11-18/h3-7,9-12,15H,8,13-14,16H2,1-2H3,(H,24,28). The molecule has 0 aliphatic carbocycles. The highest BCUT2D eigenvalue weighted by molar-refractivity contribution is 5.95. The van der Waals surface area contributed by atoms with Gasteiger partial charge in [-0.1, -0.05) is 53.7 Å². The fourth-order valence-electron chi connectivity index (χ4n) is 2.83. The molecule has 0 bridgehead atoms. The van der Waals surface area contributed by atoms with Gasteiger partial charge in [0.25, 0.3) is 5.91 Å². The summed E-state index contributed by atoms with van der Waals surface area (Å²) in [5, 5.41) is 6.37. The van der Waals surface area contributed by atoms with Crippen molar-refractivity contribution in [2.45, 2.75) is 13.3 Å². The van der Waals surface area contributed by atoms with E-state index in [-0.39, 0.29) is 18.1 Å². The number of carbonyl (C=O) groups is 2. The first-order chi connectivity index (χ1) is 14.5. The predicted molar refractivity (Wildman–Crippen MR) is 113 cm³/mol. The highest BCUT2D eigenvalue weighted by Gasteiger charge is 2.16. The Labute approximate surface area is 175 Å². The maximum atomic E-state index is 12.3. The summed E-state index contributed by atoms with van der Waals surface area (Å²) in [5.74, 6) is 0.704. The molecule has 7 nitrogen and oxygen atoms in total. The smallest absolute Gasteiger partial charge is 0.273 e. The van der Waals surface area contributed by atoms with Crippen LogP contribution in [0.5, 0.6) is 5.75 Å². The van der Waals surface area contributed by atoms with Crippen molar-refractivity contribution in [1.29, 1.82) is 0 Å². The number of aryl methyl sites for hydroxylation is 1. The van der Waals surface area contributed by atoms with Gasteiger partial charge in [0.2, 0.25) is 5.91 Å². The number of nitrogens with one attached hydrogen (secondary N) is 1. The van der Waals surface area contributed by atoms with Crippen LogP contribution < -0.4 is 10.1 Å². The molecular weight excluding hydrogens is 382 g/mol. The zero-order chi connectivity index (χ0) is 21.3. The van der Waals surface area contributed by atoms with E-state index in [1.807, 2.05) is 61.5 Å². The van der Waals surface area contributed by atoms with Crippen molar-refractivity contribution >= 4 is 11.8 Å². The van der Waals surface area contributed by atoms with E-state index in [9.17, 15) is 9.59 Å². The molecule has 3 aromatic rings. The molecule has 0 saturated carbocycles. The molecule has 3 rings (SSSR count). The van der Waals surface area contributed by atoms with E-state index in [2.05, 4.69) is 10.5 Å². The van der Waals surface area contributed by atoms with Gasteiger partial charge in [0.1, 0.15) is 5.75 Å². The van der Waals surface area contributed by atoms with Crippen LogP contribution in [-0.4, -0.2) is 48.6 Å². The van der Waals surface area contributed by atoms with Crippen LogP contribution in [0.15, 0.2) is 65.2 Å². The number of para-hydroxylation sites is 1. The molecular formula is C23H25N3O4. The van der Waals surface area contributed by atoms with Gasteiger partial charge in [0.15, 0.2) is 11.5 Å². The van der Waals surface area contributed by atoms with E-state index in [4.69, 9.17) is 9.26 Å². The Bertz CT molecular complexity index is 985. The summed E-state index contributed by atoms with van der Waals surface area (Å²) in [6, 6.07) is 18.7. The Balaban J connectivity index is 1.40. The molecule has 7 heteroatoms. The van der Waals surface area contributed by atoms with Crippen LogP contribution in [-0.2, 0) is 4.79 Å². The largest absolute Gasteiger partial charge is 0.493 e. The number of amides is 2. The number of ether oxygens (including phenoxy) is 1. The SMILES string of the molecule is Cc1ccccc1OCCCN(C)C(=O)CNC(=O)c1cc(-c2ccccc2)on1. The molecule has 0 aliphatic heterocycles. The summed E-state index contributed by atoms with van der Waals surface area (Å²) in [4.78, 5) is 26.1. The van der Waals surface area contributed by atoms with Crippen molar-refractivity contribution in [2.24, 2.45) is 0 Å². The zero-order valence-electron chi connectivity index (χ0n) is 17.1. The highest BCUT2D eigenvalue weighted by atomic mass is 16.5. The predicted octanol–water partition coefficient (Wildman–Crippen LogP) is 3.31. The molecule has 2 amide bonds. The second-order valence-electron chi connectivity index (χ2n) is 6.91. The van der Waals surface area contributed by atoms with Gasteiger partial charge in [-0.3, -0.25) is 9.59 Å². The Kier molecular flexibility index (Phi) is 7.21. The lowest BCUT2D eigenvalue weighted by Gasteiger charge is -2.17. The second-order valence-corrected chi connectivity index (χ2v) is 6.91. The van der Waals surface area contributed by atoms with Crippen molar-refractivity contribution < 1.29 is 18.8 Å². The van der Waals surface area contributed by atoms with Gasteiger partial charge in [0, 0.05) is 25.2 Å². The Morgan fingerprint density at radius 2 is 1.83 bits per heavy atom. The zero-order valence-corrected chi connectivity index (χ0v) is 17.1. The first-order valence-electron chi connectivity index (χ1n) is 9.77. The van der Waals surface area contributed by atoms with Gasteiger partial charge in [-0.15, -0.1) is 0 Å². The number of hydrogen-bond acceptors (Lipinski definition) is 5. The first kappa shape index (κ1) is 21.1. The van der Waals surface area contributed by atoms with Crippen molar-refractivity contribution in [3.63, 3.8) is 0 Å². The second kappa shape index (κ2) is 10.2. The topological polar surface area (TPSA) is 84.7 Å². The summed E-state index contributed by atoms with van der Waals surface area (Å²) >= 11 is 0. The molecule has 30 heavy (non-hydrogen) atoms. The van der Waals surface area contributed by atoms with Crippen molar-refractivity contribution in [3.05, 3.63) is 71.9 Å². The molecule has 0 aliphatic rings. The lowest BCUT2D eigenvalue weighted by atomic mass is 10.1. The molecule has 1 heterocycles. The summed E-state index contributed by atoms with van der Waals surface area (Å²) < 4.78 is 11.0. The maximum Gasteiger partial charge on any atom is 0.273 e. The van der Waals surface area contributed by atoms with E-state index in [1.165, 1.54) is 0 Å². The molecule has 1 N–H and O–H groups in total. The Morgan fingerprint density at radius 1 is 1.10 bits per heavy atom. The van der Waals surface area contributed by atoms with Crippen molar-refractivity contribution in [1.82, 2.24) is 15.4 Å². The average molecular weight is 407 g/mol. The minimum Gasteiger partial charge on any atom is -0.493 e. The molecule has 0 saturated heterocycles. The first-order valence-corrected chi connectivity index (χ1v) is 9.77. The molecule has 0 radical (unpaired) electrons. The van der Waals surface area contributed by atoms with Crippen LogP contribution in [0.1, 0.15) is 22.5 Å². The fourth-order valence-corrected chi connectivity index (χ4v) is 2.83. The third kappa shape index (κ3) is 5.70. The summed E-state index contributed by atoms with van der Waals surface area (Å²) in [6.45, 7) is 2.92. The van der Waals surface area contributed by atoms with Crippen LogP contribution in [0, 0.1) is 6.92 Å². The van der Waals surface area contributed by atoms with E-state index >= 15 is 0 Å². The molecule has 0 unspecified atom stereocenters. The van der Waals surface area contributed by atoms with Gasteiger partial charge >= 0.3 is 0 Å². The molecule has 156 valence electrons. The lowest BCUT2D eigenvalue weighted by molar-refractivity contribution is -0.128. The van der Waals surface area contributed by atoms with Crippen LogP contribution in [0.3, 0.4) is 0 Å². The Morgan fingerprint density at radius 3 is 2.60 bits per heavy atom. The van der Waals surface area contributed by atoms with Gasteiger partial charge in [-0.25, -0.2) is 0 Å². The minimum absolute atomic E-state index is 0.110. The molecule has 0 spiro atoms. The summed E-state index contributed by atoms with van der Waals surface area (Å²) in [6.07, 6.45) is 0.689. The Hall–Kier alpha value is -3.61. The third-order valence-electron chi connectivity index (χ3n) is 4.62. The van der Waals surface area contributed by atoms with E-state index in [0.717, 1.165) is 16.9 Å². The van der Waals surface area contributed by atoms with Crippen LogP contribution in [0.2, 0.25) is 0 Å². The van der Waals surface area contributed by atoms with Crippen molar-refractivity contribution in [3.8, 4) is 17.1 Å².